The summed E-state index contributed by atoms with van der Waals surface area (Å²) < 4.78 is 9.94. The molecule has 0 N–H and O–H groups in total. The Bertz CT molecular complexity index is 555. The molecule has 0 spiro atoms. The van der Waals surface area contributed by atoms with Crippen molar-refractivity contribution in [3.8, 4) is 23.2 Å². The molecule has 16 heavy (non-hydrogen) atoms. The molecule has 0 amide bonds. The standard InChI is InChI=1S/C11H9N3O2/c1-7-3-4-8(9(5-7)15-2)11-13-10(6-12)16-14-11/h3-5H,1-2H3. The minimum atomic E-state index is -0.0578. The normalized spacial score (nSPS) is 9.81. The lowest BCUT2D eigenvalue weighted by Gasteiger charge is -2.05. The highest BCUT2D eigenvalue weighted by molar-refractivity contribution is 5.64. The van der Waals surface area contributed by atoms with Gasteiger partial charge in [-0.05, 0) is 24.6 Å². The number of aryl methyl sites for hydroxylation is 1. The monoisotopic (exact) mass is 215 g/mol. The Hall–Kier alpha value is -2.35. The van der Waals surface area contributed by atoms with Gasteiger partial charge in [-0.3, -0.25) is 0 Å². The molecular formula is C11H9N3O2. The number of hydrogen-bond acceptors (Lipinski definition) is 5. The van der Waals surface area contributed by atoms with E-state index in [1.54, 1.807) is 13.2 Å². The van der Waals surface area contributed by atoms with E-state index < -0.39 is 0 Å². The van der Waals surface area contributed by atoms with Gasteiger partial charge in [-0.15, -0.1) is 0 Å². The predicted molar refractivity (Wildman–Crippen MR) is 55.7 cm³/mol. The maximum Gasteiger partial charge on any atom is 0.329 e. The molecule has 0 radical (unpaired) electrons. The molecule has 5 heteroatoms. The maximum atomic E-state index is 8.59. The van der Waals surface area contributed by atoms with Crippen LogP contribution in [0.25, 0.3) is 11.4 Å². The van der Waals surface area contributed by atoms with Gasteiger partial charge in [0.1, 0.15) is 5.75 Å². The minimum absolute atomic E-state index is 0.0578. The highest BCUT2D eigenvalue weighted by Crippen LogP contribution is 2.28. The molecule has 0 bridgehead atoms. The Morgan fingerprint density at radius 3 is 2.88 bits per heavy atom. The van der Waals surface area contributed by atoms with Gasteiger partial charge in [-0.1, -0.05) is 11.2 Å². The van der Waals surface area contributed by atoms with Crippen LogP contribution in [-0.2, 0) is 0 Å². The fourth-order valence-corrected chi connectivity index (χ4v) is 1.36. The summed E-state index contributed by atoms with van der Waals surface area (Å²) in [6, 6.07) is 7.41. The van der Waals surface area contributed by atoms with E-state index >= 15 is 0 Å². The fraction of sp³-hybridized carbons (Fsp3) is 0.182. The molecule has 0 aliphatic carbocycles. The molecule has 0 atom stereocenters. The molecule has 0 aliphatic rings. The van der Waals surface area contributed by atoms with Gasteiger partial charge in [-0.25, -0.2) is 0 Å². The molecule has 2 aromatic rings. The first-order valence-corrected chi connectivity index (χ1v) is 4.63. The molecule has 0 aliphatic heterocycles. The summed E-state index contributed by atoms with van der Waals surface area (Å²) in [7, 11) is 1.57. The van der Waals surface area contributed by atoms with E-state index in [4.69, 9.17) is 14.5 Å². The average Bonchev–Trinajstić information content (AvgIpc) is 2.77. The molecule has 0 fully saturated rings. The van der Waals surface area contributed by atoms with Crippen molar-refractivity contribution in [2.45, 2.75) is 6.92 Å². The summed E-state index contributed by atoms with van der Waals surface area (Å²) in [4.78, 5) is 3.92. The number of benzene rings is 1. The van der Waals surface area contributed by atoms with Gasteiger partial charge < -0.3 is 9.26 Å². The number of nitrogens with zero attached hydrogens (tertiary/aromatic N) is 3. The number of nitriles is 1. The zero-order valence-electron chi connectivity index (χ0n) is 8.89. The zero-order valence-corrected chi connectivity index (χ0v) is 8.89. The van der Waals surface area contributed by atoms with Crippen molar-refractivity contribution in [1.82, 2.24) is 10.1 Å². The Morgan fingerprint density at radius 1 is 1.44 bits per heavy atom. The second kappa shape index (κ2) is 4.03. The van der Waals surface area contributed by atoms with E-state index in [0.717, 1.165) is 5.56 Å². The van der Waals surface area contributed by atoms with Crippen LogP contribution in [-0.4, -0.2) is 17.3 Å². The summed E-state index contributed by atoms with van der Waals surface area (Å²) in [5, 5.41) is 12.3. The molecule has 2 rings (SSSR count). The molecule has 0 saturated heterocycles. The lowest BCUT2D eigenvalue weighted by Crippen LogP contribution is -1.90. The molecule has 1 aromatic carbocycles. The van der Waals surface area contributed by atoms with Crippen molar-refractivity contribution in [2.75, 3.05) is 7.11 Å². The van der Waals surface area contributed by atoms with E-state index in [9.17, 15) is 0 Å². The van der Waals surface area contributed by atoms with E-state index in [-0.39, 0.29) is 5.89 Å². The molecule has 5 nitrogen and oxygen atoms in total. The van der Waals surface area contributed by atoms with E-state index in [0.29, 0.717) is 17.1 Å². The van der Waals surface area contributed by atoms with Crippen LogP contribution in [0.15, 0.2) is 22.7 Å². The molecule has 1 aromatic heterocycles. The van der Waals surface area contributed by atoms with Crippen molar-refractivity contribution in [3.05, 3.63) is 29.7 Å². The second-order valence-electron chi connectivity index (χ2n) is 3.24. The van der Waals surface area contributed by atoms with Gasteiger partial charge in [0, 0.05) is 0 Å². The van der Waals surface area contributed by atoms with Crippen molar-refractivity contribution in [2.24, 2.45) is 0 Å². The van der Waals surface area contributed by atoms with Crippen LogP contribution >= 0.6 is 0 Å². The first-order chi connectivity index (χ1) is 7.74. The van der Waals surface area contributed by atoms with E-state index in [1.807, 2.05) is 25.1 Å². The maximum absolute atomic E-state index is 8.59. The van der Waals surface area contributed by atoms with Crippen LogP contribution in [0, 0.1) is 18.3 Å². The number of hydrogen-bond donors (Lipinski definition) is 0. The average molecular weight is 215 g/mol. The molecule has 80 valence electrons. The SMILES string of the molecule is COc1cc(C)ccc1-c1noc(C#N)n1. The van der Waals surface area contributed by atoms with Crippen molar-refractivity contribution >= 4 is 0 Å². The van der Waals surface area contributed by atoms with Gasteiger partial charge in [0.25, 0.3) is 0 Å². The van der Waals surface area contributed by atoms with Crippen LogP contribution < -0.4 is 4.74 Å². The van der Waals surface area contributed by atoms with Gasteiger partial charge in [-0.2, -0.15) is 10.2 Å². The third-order valence-electron chi connectivity index (χ3n) is 2.12. The summed E-state index contributed by atoms with van der Waals surface area (Å²) in [5.41, 5.74) is 1.78. The highest BCUT2D eigenvalue weighted by Gasteiger charge is 2.12. The van der Waals surface area contributed by atoms with Crippen molar-refractivity contribution in [3.63, 3.8) is 0 Å². The van der Waals surface area contributed by atoms with Gasteiger partial charge >= 0.3 is 5.89 Å². The third kappa shape index (κ3) is 1.73. The number of ether oxygens (including phenoxy) is 1. The topological polar surface area (TPSA) is 71.9 Å². The number of aromatic nitrogens is 2. The van der Waals surface area contributed by atoms with Crippen LogP contribution in [0.2, 0.25) is 0 Å². The molecular weight excluding hydrogens is 206 g/mol. The predicted octanol–water partition coefficient (Wildman–Crippen LogP) is 1.93. The van der Waals surface area contributed by atoms with Crippen molar-refractivity contribution < 1.29 is 9.26 Å². The summed E-state index contributed by atoms with van der Waals surface area (Å²) >= 11 is 0. The minimum Gasteiger partial charge on any atom is -0.496 e. The van der Waals surface area contributed by atoms with Crippen LogP contribution in [0.1, 0.15) is 11.5 Å². The first-order valence-electron chi connectivity index (χ1n) is 4.63. The zero-order chi connectivity index (χ0) is 11.5. The Labute approximate surface area is 92.3 Å². The quantitative estimate of drug-likeness (QED) is 0.765. The first kappa shape index (κ1) is 10.2. The molecule has 0 saturated carbocycles. The third-order valence-corrected chi connectivity index (χ3v) is 2.12. The number of methoxy groups -OCH3 is 1. The Morgan fingerprint density at radius 2 is 2.25 bits per heavy atom. The van der Waals surface area contributed by atoms with Gasteiger partial charge in [0.15, 0.2) is 6.07 Å². The van der Waals surface area contributed by atoms with Gasteiger partial charge in [0.05, 0.1) is 12.7 Å². The fourth-order valence-electron chi connectivity index (χ4n) is 1.36. The smallest absolute Gasteiger partial charge is 0.329 e. The van der Waals surface area contributed by atoms with Gasteiger partial charge in [0.2, 0.25) is 5.82 Å². The van der Waals surface area contributed by atoms with E-state index in [2.05, 4.69) is 10.1 Å². The van der Waals surface area contributed by atoms with Crippen molar-refractivity contribution in [1.29, 1.82) is 5.26 Å². The van der Waals surface area contributed by atoms with Crippen LogP contribution in [0.3, 0.4) is 0 Å². The van der Waals surface area contributed by atoms with Crippen LogP contribution in [0.5, 0.6) is 5.75 Å². The molecule has 0 unspecified atom stereocenters. The lowest BCUT2D eigenvalue weighted by atomic mass is 10.1. The summed E-state index contributed by atoms with van der Waals surface area (Å²) in [6.07, 6.45) is 0. The lowest BCUT2D eigenvalue weighted by molar-refractivity contribution is 0.404. The van der Waals surface area contributed by atoms with Crippen LogP contribution in [0.4, 0.5) is 0 Å². The molecule has 1 heterocycles. The Balaban J connectivity index is 2.51. The van der Waals surface area contributed by atoms with E-state index in [1.165, 1.54) is 0 Å². The highest BCUT2D eigenvalue weighted by atomic mass is 16.5. The largest absolute Gasteiger partial charge is 0.496 e. The Kier molecular flexibility index (Phi) is 2.56. The summed E-state index contributed by atoms with van der Waals surface area (Å²) in [6.45, 7) is 1.96. The number of rotatable bonds is 2. The summed E-state index contributed by atoms with van der Waals surface area (Å²) in [5.74, 6) is 0.955. The second-order valence-corrected chi connectivity index (χ2v) is 3.24.